The number of carbonyl (C=O) groups is 1. The lowest BCUT2D eigenvalue weighted by molar-refractivity contribution is -0.141. The molecule has 0 bridgehead atoms. The normalized spacial score (nSPS) is 12.5. The largest absolute Gasteiger partial charge is 0.477 e. The van der Waals surface area contributed by atoms with Crippen molar-refractivity contribution in [3.8, 4) is 5.69 Å². The van der Waals surface area contributed by atoms with Gasteiger partial charge in [0, 0.05) is 11.1 Å². The van der Waals surface area contributed by atoms with Crippen LogP contribution in [0.1, 0.15) is 21.7 Å². The zero-order valence-electron chi connectivity index (χ0n) is 10.7. The summed E-state index contributed by atoms with van der Waals surface area (Å²) in [5, 5.41) is 11.5. The summed E-state index contributed by atoms with van der Waals surface area (Å²) in [6, 6.07) is 2.34. The maximum atomic E-state index is 13.0. The lowest BCUT2D eigenvalue weighted by Gasteiger charge is -2.14. The number of aromatic nitrogens is 2. The molecule has 1 N–H and O–H groups in total. The van der Waals surface area contributed by atoms with Gasteiger partial charge in [0.1, 0.15) is 0 Å². The number of hydrogen-bond acceptors (Lipinski definition) is 2. The van der Waals surface area contributed by atoms with Gasteiger partial charge >= 0.3 is 18.3 Å². The third kappa shape index (κ3) is 3.41. The molecule has 0 fully saturated rings. The monoisotopic (exact) mass is 358 g/mol. The van der Waals surface area contributed by atoms with Gasteiger partial charge in [-0.25, -0.2) is 9.48 Å². The summed E-state index contributed by atoms with van der Waals surface area (Å²) in [5.41, 5.74) is -4.98. The Hall–Kier alpha value is -2.23. The van der Waals surface area contributed by atoms with Crippen LogP contribution in [0.25, 0.3) is 5.69 Å². The minimum atomic E-state index is -5.01. The smallest absolute Gasteiger partial charge is 0.435 e. The van der Waals surface area contributed by atoms with Crippen LogP contribution in [-0.2, 0) is 12.4 Å². The molecule has 0 amide bonds. The van der Waals surface area contributed by atoms with Gasteiger partial charge in [0.25, 0.3) is 0 Å². The minimum absolute atomic E-state index is 0.0737. The van der Waals surface area contributed by atoms with E-state index in [1.165, 1.54) is 0 Å². The molecule has 124 valence electrons. The van der Waals surface area contributed by atoms with Gasteiger partial charge in [-0.15, -0.1) is 0 Å². The molecule has 0 radical (unpaired) electrons. The molecular formula is C12H5ClF6N2O2. The summed E-state index contributed by atoms with van der Waals surface area (Å²) in [7, 11) is 0. The topological polar surface area (TPSA) is 55.1 Å². The van der Waals surface area contributed by atoms with Gasteiger partial charge in [0.15, 0.2) is 11.4 Å². The average Bonchev–Trinajstić information content (AvgIpc) is 2.82. The van der Waals surface area contributed by atoms with Gasteiger partial charge in [0.05, 0.1) is 11.3 Å². The standard InChI is InChI=1S/C12H5ClF6N2O2/c13-5-1-2-7(6(3-5)11(14,15)16)21-8(10(22)23)4-9(20-21)12(17,18)19/h1-4H,(H,22,23). The highest BCUT2D eigenvalue weighted by molar-refractivity contribution is 6.30. The van der Waals surface area contributed by atoms with Crippen LogP contribution in [0.15, 0.2) is 24.3 Å². The van der Waals surface area contributed by atoms with E-state index in [1.807, 2.05) is 0 Å². The van der Waals surface area contributed by atoms with Gasteiger partial charge in [-0.2, -0.15) is 31.4 Å². The lowest BCUT2D eigenvalue weighted by atomic mass is 10.1. The molecule has 0 aliphatic heterocycles. The highest BCUT2D eigenvalue weighted by atomic mass is 35.5. The highest BCUT2D eigenvalue weighted by Crippen LogP contribution is 2.37. The summed E-state index contributed by atoms with van der Waals surface area (Å²) in [6.07, 6.45) is -9.99. The third-order valence-electron chi connectivity index (χ3n) is 2.71. The Bertz CT molecular complexity index is 766. The van der Waals surface area contributed by atoms with Crippen molar-refractivity contribution >= 4 is 17.6 Å². The summed E-state index contributed by atoms with van der Waals surface area (Å²) >= 11 is 5.46. The van der Waals surface area contributed by atoms with E-state index in [0.29, 0.717) is 6.07 Å². The van der Waals surface area contributed by atoms with Gasteiger partial charge in [-0.1, -0.05) is 11.6 Å². The van der Waals surface area contributed by atoms with Crippen LogP contribution in [-0.4, -0.2) is 20.9 Å². The van der Waals surface area contributed by atoms with Gasteiger partial charge < -0.3 is 5.11 Å². The van der Waals surface area contributed by atoms with Crippen molar-refractivity contribution in [2.24, 2.45) is 0 Å². The number of nitrogens with zero attached hydrogens (tertiary/aromatic N) is 2. The van der Waals surface area contributed by atoms with Crippen molar-refractivity contribution in [3.05, 3.63) is 46.2 Å². The number of halogens is 7. The first kappa shape index (κ1) is 17.1. The fraction of sp³-hybridized carbons (Fsp3) is 0.167. The molecule has 0 unspecified atom stereocenters. The molecule has 0 spiro atoms. The van der Waals surface area contributed by atoms with Crippen molar-refractivity contribution in [2.75, 3.05) is 0 Å². The minimum Gasteiger partial charge on any atom is -0.477 e. The van der Waals surface area contributed by atoms with Crippen LogP contribution in [0.2, 0.25) is 5.02 Å². The number of carboxylic acids is 1. The Balaban J connectivity index is 2.77. The number of carboxylic acid groups (broad SMARTS) is 1. The first-order valence-electron chi connectivity index (χ1n) is 5.69. The number of benzene rings is 1. The van der Waals surface area contributed by atoms with E-state index in [1.54, 1.807) is 0 Å². The number of aromatic carboxylic acids is 1. The molecule has 0 saturated heterocycles. The van der Waals surface area contributed by atoms with Crippen molar-refractivity contribution in [1.82, 2.24) is 9.78 Å². The van der Waals surface area contributed by atoms with Crippen molar-refractivity contribution in [1.29, 1.82) is 0 Å². The second-order valence-corrected chi connectivity index (χ2v) is 4.73. The second kappa shape index (κ2) is 5.44. The molecular weight excluding hydrogens is 354 g/mol. The predicted octanol–water partition coefficient (Wildman–Crippen LogP) is 4.26. The van der Waals surface area contributed by atoms with Crippen LogP contribution in [0.5, 0.6) is 0 Å². The fourth-order valence-electron chi connectivity index (χ4n) is 1.78. The highest BCUT2D eigenvalue weighted by Gasteiger charge is 2.39. The number of hydrogen-bond donors (Lipinski definition) is 1. The number of rotatable bonds is 2. The fourth-order valence-corrected chi connectivity index (χ4v) is 1.95. The molecule has 23 heavy (non-hydrogen) atoms. The summed E-state index contributed by atoms with van der Waals surface area (Å²) < 4.78 is 77.1. The molecule has 0 aliphatic rings. The molecule has 1 heterocycles. The van der Waals surface area contributed by atoms with Gasteiger partial charge in [-0.05, 0) is 18.2 Å². The molecule has 1 aromatic heterocycles. The molecule has 0 saturated carbocycles. The van der Waals surface area contributed by atoms with E-state index >= 15 is 0 Å². The van der Waals surface area contributed by atoms with Crippen molar-refractivity contribution < 1.29 is 36.2 Å². The number of alkyl halides is 6. The first-order valence-corrected chi connectivity index (χ1v) is 6.06. The summed E-state index contributed by atoms with van der Waals surface area (Å²) in [6.45, 7) is 0. The Morgan fingerprint density at radius 1 is 1.09 bits per heavy atom. The quantitative estimate of drug-likeness (QED) is 0.816. The lowest BCUT2D eigenvalue weighted by Crippen LogP contribution is -2.15. The second-order valence-electron chi connectivity index (χ2n) is 4.29. The zero-order chi connectivity index (χ0) is 17.6. The van der Waals surface area contributed by atoms with E-state index in [4.69, 9.17) is 16.7 Å². The Labute approximate surface area is 128 Å². The average molecular weight is 359 g/mol. The van der Waals surface area contributed by atoms with E-state index < -0.39 is 41.0 Å². The Morgan fingerprint density at radius 3 is 2.17 bits per heavy atom. The van der Waals surface area contributed by atoms with Crippen LogP contribution >= 0.6 is 11.6 Å². The van der Waals surface area contributed by atoms with Crippen molar-refractivity contribution in [3.63, 3.8) is 0 Å². The Morgan fingerprint density at radius 2 is 1.70 bits per heavy atom. The van der Waals surface area contributed by atoms with E-state index in [2.05, 4.69) is 5.10 Å². The van der Waals surface area contributed by atoms with Crippen LogP contribution in [0.4, 0.5) is 26.3 Å². The van der Waals surface area contributed by atoms with E-state index in [-0.39, 0.29) is 15.8 Å². The molecule has 0 aliphatic carbocycles. The predicted molar refractivity (Wildman–Crippen MR) is 65.5 cm³/mol. The van der Waals surface area contributed by atoms with E-state index in [0.717, 1.165) is 12.1 Å². The third-order valence-corrected chi connectivity index (χ3v) is 2.95. The molecule has 2 aromatic rings. The molecule has 1 aromatic carbocycles. The molecule has 11 heteroatoms. The summed E-state index contributed by atoms with van der Waals surface area (Å²) in [5.74, 6) is -1.86. The summed E-state index contributed by atoms with van der Waals surface area (Å²) in [4.78, 5) is 11.0. The van der Waals surface area contributed by atoms with Crippen LogP contribution in [0.3, 0.4) is 0 Å². The van der Waals surface area contributed by atoms with Gasteiger partial charge in [-0.3, -0.25) is 0 Å². The maximum Gasteiger partial charge on any atom is 0.435 e. The molecule has 4 nitrogen and oxygen atoms in total. The van der Waals surface area contributed by atoms with E-state index in [9.17, 15) is 31.1 Å². The maximum absolute atomic E-state index is 13.0. The van der Waals surface area contributed by atoms with Crippen LogP contribution in [0, 0.1) is 0 Å². The van der Waals surface area contributed by atoms with Crippen LogP contribution < -0.4 is 0 Å². The molecule has 0 atom stereocenters. The Kier molecular flexibility index (Phi) is 4.05. The molecule has 2 rings (SSSR count). The van der Waals surface area contributed by atoms with Gasteiger partial charge in [0.2, 0.25) is 0 Å². The first-order chi connectivity index (χ1) is 10.4. The SMILES string of the molecule is O=C(O)c1cc(C(F)(F)F)nn1-c1ccc(Cl)cc1C(F)(F)F. The zero-order valence-corrected chi connectivity index (χ0v) is 11.5. The van der Waals surface area contributed by atoms with Crippen molar-refractivity contribution in [2.45, 2.75) is 12.4 Å².